The van der Waals surface area contributed by atoms with Crippen LogP contribution in [0.5, 0.6) is 11.5 Å². The van der Waals surface area contributed by atoms with Gasteiger partial charge in [0.25, 0.3) is 0 Å². The third-order valence-electron chi connectivity index (χ3n) is 2.77. The Labute approximate surface area is 130 Å². The van der Waals surface area contributed by atoms with E-state index >= 15 is 0 Å². The third kappa shape index (κ3) is 4.75. The molecule has 0 atom stereocenters. The number of hydrogen-bond acceptors (Lipinski definition) is 4. The van der Waals surface area contributed by atoms with Gasteiger partial charge in [0.05, 0.1) is 19.9 Å². The fourth-order valence-corrected chi connectivity index (χ4v) is 1.87. The van der Waals surface area contributed by atoms with Crippen LogP contribution in [0.4, 0.5) is 0 Å². The summed E-state index contributed by atoms with van der Waals surface area (Å²) in [6.07, 6.45) is 6.90. The standard InChI is InChI=1S/C16H17NO3.ClH/c1-3-9-20-16-13(6-4-8-15(16)18-2)11-17-12-14-7-5-10-19-14;/h1,4-8,10,17H,9,11-12H2,2H3;1H. The van der Waals surface area contributed by atoms with Crippen LogP contribution in [0.3, 0.4) is 0 Å². The van der Waals surface area contributed by atoms with Gasteiger partial charge in [0.1, 0.15) is 12.4 Å². The molecule has 0 aliphatic rings. The van der Waals surface area contributed by atoms with Gasteiger partial charge in [-0.2, -0.15) is 0 Å². The van der Waals surface area contributed by atoms with Crippen molar-refractivity contribution in [2.24, 2.45) is 0 Å². The van der Waals surface area contributed by atoms with Crippen molar-refractivity contribution in [1.82, 2.24) is 5.32 Å². The first-order chi connectivity index (χ1) is 9.85. The maximum atomic E-state index is 5.57. The summed E-state index contributed by atoms with van der Waals surface area (Å²) in [4.78, 5) is 0. The molecule has 21 heavy (non-hydrogen) atoms. The molecule has 0 unspecified atom stereocenters. The van der Waals surface area contributed by atoms with Crippen molar-refractivity contribution in [2.45, 2.75) is 13.1 Å². The maximum absolute atomic E-state index is 5.57. The molecular formula is C16H18ClNO3. The summed E-state index contributed by atoms with van der Waals surface area (Å²) >= 11 is 0. The Kier molecular flexibility index (Phi) is 7.24. The third-order valence-corrected chi connectivity index (χ3v) is 2.77. The average Bonchev–Trinajstić information content (AvgIpc) is 2.98. The molecule has 1 aromatic carbocycles. The second-order valence-corrected chi connectivity index (χ2v) is 4.12. The summed E-state index contributed by atoms with van der Waals surface area (Å²) in [5.41, 5.74) is 0.992. The first kappa shape index (κ1) is 17.0. The van der Waals surface area contributed by atoms with Gasteiger partial charge in [-0.3, -0.25) is 0 Å². The summed E-state index contributed by atoms with van der Waals surface area (Å²) in [5, 5.41) is 3.29. The van der Waals surface area contributed by atoms with Gasteiger partial charge in [0.15, 0.2) is 11.5 Å². The van der Waals surface area contributed by atoms with Crippen molar-refractivity contribution < 1.29 is 13.9 Å². The van der Waals surface area contributed by atoms with Crippen LogP contribution in [0.2, 0.25) is 0 Å². The maximum Gasteiger partial charge on any atom is 0.167 e. The zero-order valence-corrected chi connectivity index (χ0v) is 12.6. The van der Waals surface area contributed by atoms with E-state index in [1.165, 1.54) is 0 Å². The van der Waals surface area contributed by atoms with E-state index in [1.54, 1.807) is 13.4 Å². The molecule has 0 saturated carbocycles. The Balaban J connectivity index is 0.00000220. The lowest BCUT2D eigenvalue weighted by Gasteiger charge is -2.14. The number of halogens is 1. The van der Waals surface area contributed by atoms with E-state index in [9.17, 15) is 0 Å². The van der Waals surface area contributed by atoms with Crippen molar-refractivity contribution in [3.8, 4) is 23.8 Å². The van der Waals surface area contributed by atoms with Crippen molar-refractivity contribution in [3.63, 3.8) is 0 Å². The predicted octanol–water partition coefficient (Wildman–Crippen LogP) is 3.01. The molecule has 1 N–H and O–H groups in total. The first-order valence-electron chi connectivity index (χ1n) is 6.30. The SMILES string of the molecule is C#CCOc1c(CNCc2ccco2)cccc1OC.Cl. The van der Waals surface area contributed by atoms with Gasteiger partial charge >= 0.3 is 0 Å². The molecule has 1 heterocycles. The Morgan fingerprint density at radius 1 is 1.24 bits per heavy atom. The molecule has 0 aliphatic heterocycles. The van der Waals surface area contributed by atoms with Crippen LogP contribution in [-0.4, -0.2) is 13.7 Å². The number of hydrogen-bond donors (Lipinski definition) is 1. The summed E-state index contributed by atoms with van der Waals surface area (Å²) in [6.45, 7) is 1.50. The fraction of sp³-hybridized carbons (Fsp3) is 0.250. The molecule has 4 nitrogen and oxygen atoms in total. The molecular weight excluding hydrogens is 290 g/mol. The summed E-state index contributed by atoms with van der Waals surface area (Å²) < 4.78 is 16.1. The first-order valence-corrected chi connectivity index (χ1v) is 6.30. The molecule has 112 valence electrons. The van der Waals surface area contributed by atoms with Crippen molar-refractivity contribution in [1.29, 1.82) is 0 Å². The number of ether oxygens (including phenoxy) is 2. The molecule has 0 aliphatic carbocycles. The number of furan rings is 1. The van der Waals surface area contributed by atoms with Gasteiger partial charge in [-0.25, -0.2) is 0 Å². The van der Waals surface area contributed by atoms with E-state index in [0.29, 0.717) is 24.6 Å². The highest BCUT2D eigenvalue weighted by molar-refractivity contribution is 5.85. The van der Waals surface area contributed by atoms with E-state index in [-0.39, 0.29) is 19.0 Å². The normalized spacial score (nSPS) is 9.52. The van der Waals surface area contributed by atoms with E-state index in [2.05, 4.69) is 11.2 Å². The van der Waals surface area contributed by atoms with Crippen LogP contribution in [0.1, 0.15) is 11.3 Å². The largest absolute Gasteiger partial charge is 0.493 e. The number of nitrogens with one attached hydrogen (secondary N) is 1. The number of methoxy groups -OCH3 is 1. The van der Waals surface area contributed by atoms with E-state index in [0.717, 1.165) is 11.3 Å². The molecule has 0 radical (unpaired) electrons. The molecule has 0 fully saturated rings. The molecule has 2 rings (SSSR count). The van der Waals surface area contributed by atoms with Gasteiger partial charge in [-0.15, -0.1) is 18.8 Å². The average molecular weight is 308 g/mol. The van der Waals surface area contributed by atoms with Crippen LogP contribution in [-0.2, 0) is 13.1 Å². The van der Waals surface area contributed by atoms with Crippen LogP contribution >= 0.6 is 12.4 Å². The Bertz CT molecular complexity index is 576. The van der Waals surface area contributed by atoms with Crippen molar-refractivity contribution in [2.75, 3.05) is 13.7 Å². The number of para-hydroxylation sites is 1. The highest BCUT2D eigenvalue weighted by atomic mass is 35.5. The minimum absolute atomic E-state index is 0. The predicted molar refractivity (Wildman–Crippen MR) is 83.8 cm³/mol. The van der Waals surface area contributed by atoms with E-state index in [4.69, 9.17) is 20.3 Å². The summed E-state index contributed by atoms with van der Waals surface area (Å²) in [7, 11) is 1.61. The Morgan fingerprint density at radius 3 is 2.76 bits per heavy atom. The quantitative estimate of drug-likeness (QED) is 0.799. The molecule has 0 bridgehead atoms. The topological polar surface area (TPSA) is 43.6 Å². The lowest BCUT2D eigenvalue weighted by molar-refractivity contribution is 0.326. The number of terminal acetylenes is 1. The Hall–Kier alpha value is -2.09. The van der Waals surface area contributed by atoms with Gasteiger partial charge < -0.3 is 19.2 Å². The van der Waals surface area contributed by atoms with Gasteiger partial charge in [-0.1, -0.05) is 18.1 Å². The smallest absolute Gasteiger partial charge is 0.167 e. The van der Waals surface area contributed by atoms with Crippen molar-refractivity contribution >= 4 is 12.4 Å². The van der Waals surface area contributed by atoms with Crippen molar-refractivity contribution in [3.05, 3.63) is 47.9 Å². The minimum atomic E-state index is 0. The molecule has 0 saturated heterocycles. The lowest BCUT2D eigenvalue weighted by atomic mass is 10.2. The highest BCUT2D eigenvalue weighted by Gasteiger charge is 2.10. The molecule has 1 aromatic heterocycles. The molecule has 5 heteroatoms. The van der Waals surface area contributed by atoms with E-state index in [1.807, 2.05) is 30.3 Å². The van der Waals surface area contributed by atoms with Gasteiger partial charge in [0.2, 0.25) is 0 Å². The van der Waals surface area contributed by atoms with Gasteiger partial charge in [0, 0.05) is 12.1 Å². The second kappa shape index (κ2) is 8.96. The molecule has 0 spiro atoms. The minimum Gasteiger partial charge on any atom is -0.493 e. The zero-order chi connectivity index (χ0) is 14.2. The monoisotopic (exact) mass is 307 g/mol. The van der Waals surface area contributed by atoms with Crippen LogP contribution in [0.15, 0.2) is 41.0 Å². The second-order valence-electron chi connectivity index (χ2n) is 4.12. The number of benzene rings is 1. The zero-order valence-electron chi connectivity index (χ0n) is 11.8. The van der Waals surface area contributed by atoms with E-state index < -0.39 is 0 Å². The van der Waals surface area contributed by atoms with Gasteiger partial charge in [-0.05, 0) is 18.2 Å². The Morgan fingerprint density at radius 2 is 2.10 bits per heavy atom. The molecule has 0 amide bonds. The highest BCUT2D eigenvalue weighted by Crippen LogP contribution is 2.31. The van der Waals surface area contributed by atoms with Crippen LogP contribution in [0.25, 0.3) is 0 Å². The lowest BCUT2D eigenvalue weighted by Crippen LogP contribution is -2.13. The van der Waals surface area contributed by atoms with Crippen LogP contribution < -0.4 is 14.8 Å². The molecule has 2 aromatic rings. The fourth-order valence-electron chi connectivity index (χ4n) is 1.87. The summed E-state index contributed by atoms with van der Waals surface area (Å²) in [5.74, 6) is 4.71. The van der Waals surface area contributed by atoms with Crippen LogP contribution in [0, 0.1) is 12.3 Å². The number of rotatable bonds is 7. The summed E-state index contributed by atoms with van der Waals surface area (Å²) in [6, 6.07) is 9.54.